The Balaban J connectivity index is 2.05. The fourth-order valence-corrected chi connectivity index (χ4v) is 2.68. The number of para-hydroxylation sites is 1. The van der Waals surface area contributed by atoms with Gasteiger partial charge in [-0.05, 0) is 42.5 Å². The van der Waals surface area contributed by atoms with E-state index in [2.05, 4.69) is 5.32 Å². The number of thioether (sulfide) groups is 1. The van der Waals surface area contributed by atoms with Crippen molar-refractivity contribution < 1.29 is 9.90 Å². The summed E-state index contributed by atoms with van der Waals surface area (Å²) in [5.41, 5.74) is 1.44. The van der Waals surface area contributed by atoms with Crippen molar-refractivity contribution in [2.45, 2.75) is 17.7 Å². The first-order valence-corrected chi connectivity index (χ1v) is 8.05. The number of carbonyl (C=O) groups excluding carboxylic acids is 1. The highest BCUT2D eigenvalue weighted by atomic mass is 32.2. The van der Waals surface area contributed by atoms with Gasteiger partial charge in [-0.3, -0.25) is 4.79 Å². The molecule has 2 aromatic carbocycles. The maximum Gasteiger partial charge on any atom is 0.252 e. The fourth-order valence-electron chi connectivity index (χ4n) is 1.87. The van der Waals surface area contributed by atoms with Crippen molar-refractivity contribution >= 4 is 23.4 Å². The Kier molecular flexibility index (Phi) is 6.74. The summed E-state index contributed by atoms with van der Waals surface area (Å²) in [5, 5.41) is 13.8. The molecule has 0 aromatic heterocycles. The maximum atomic E-state index is 12.4. The van der Waals surface area contributed by atoms with Gasteiger partial charge in [0.2, 0.25) is 0 Å². The van der Waals surface area contributed by atoms with Gasteiger partial charge in [0.1, 0.15) is 0 Å². The molecule has 0 unspecified atom stereocenters. The first kappa shape index (κ1) is 16.3. The normalized spacial score (nSPS) is 11.2. The molecule has 2 aromatic rings. The number of anilines is 1. The minimum Gasteiger partial charge on any atom is -0.396 e. The van der Waals surface area contributed by atoms with Crippen LogP contribution in [0.25, 0.3) is 0 Å². The molecule has 0 radical (unpaired) electrons. The quantitative estimate of drug-likeness (QED) is 0.598. The van der Waals surface area contributed by atoms with E-state index >= 15 is 0 Å². The average molecular weight is 313 g/mol. The first-order chi connectivity index (χ1) is 10.8. The number of amides is 1. The lowest BCUT2D eigenvalue weighted by Crippen LogP contribution is -2.14. The minimum atomic E-state index is -0.122. The zero-order valence-electron chi connectivity index (χ0n) is 12.2. The van der Waals surface area contributed by atoms with E-state index in [0.717, 1.165) is 10.6 Å². The minimum absolute atomic E-state index is 0.0754. The summed E-state index contributed by atoms with van der Waals surface area (Å²) >= 11 is 1.51. The van der Waals surface area contributed by atoms with Crippen LogP contribution in [0.1, 0.15) is 12.8 Å². The summed E-state index contributed by atoms with van der Waals surface area (Å²) in [6.07, 6.45) is 1.12. The molecule has 4 heteroatoms. The molecule has 1 amide bonds. The van der Waals surface area contributed by atoms with E-state index in [-0.39, 0.29) is 12.5 Å². The lowest BCUT2D eigenvalue weighted by Gasteiger charge is -2.08. The van der Waals surface area contributed by atoms with Gasteiger partial charge >= 0.3 is 0 Å². The molecule has 0 fully saturated rings. The number of aliphatic hydroxyl groups is 1. The number of hydrogen-bond donors (Lipinski definition) is 2. The zero-order chi connectivity index (χ0) is 15.6. The number of hydrogen-bond acceptors (Lipinski definition) is 3. The van der Waals surface area contributed by atoms with E-state index in [4.69, 9.17) is 5.11 Å². The molecular weight excluding hydrogens is 294 g/mol. The van der Waals surface area contributed by atoms with Crippen LogP contribution in [0.4, 0.5) is 5.69 Å². The average Bonchev–Trinajstić information content (AvgIpc) is 2.56. The van der Waals surface area contributed by atoms with E-state index in [1.165, 1.54) is 11.8 Å². The lowest BCUT2D eigenvalue weighted by molar-refractivity contribution is -0.113. The predicted molar refractivity (Wildman–Crippen MR) is 91.8 cm³/mol. The van der Waals surface area contributed by atoms with Crippen LogP contribution >= 0.6 is 11.8 Å². The number of nitrogens with one attached hydrogen (secondary N) is 1. The van der Waals surface area contributed by atoms with Crippen molar-refractivity contribution in [2.24, 2.45) is 0 Å². The summed E-state index contributed by atoms with van der Waals surface area (Å²) in [4.78, 5) is 13.4. The van der Waals surface area contributed by atoms with Crippen molar-refractivity contribution in [2.75, 3.05) is 11.9 Å². The molecule has 2 N–H and O–H groups in total. The van der Waals surface area contributed by atoms with Crippen LogP contribution in [0, 0.1) is 0 Å². The molecule has 0 aliphatic heterocycles. The molecular formula is C18H19NO2S. The summed E-state index contributed by atoms with van der Waals surface area (Å²) < 4.78 is 0. The Morgan fingerprint density at radius 1 is 1.05 bits per heavy atom. The highest BCUT2D eigenvalue weighted by molar-refractivity contribution is 8.02. The van der Waals surface area contributed by atoms with Crippen LogP contribution in [-0.2, 0) is 4.79 Å². The molecule has 0 aliphatic rings. The predicted octanol–water partition coefficient (Wildman–Crippen LogP) is 4.07. The van der Waals surface area contributed by atoms with Gasteiger partial charge in [-0.15, -0.1) is 0 Å². The summed E-state index contributed by atoms with van der Waals surface area (Å²) in [6, 6.07) is 19.3. The number of benzene rings is 2. The third kappa shape index (κ3) is 5.39. The summed E-state index contributed by atoms with van der Waals surface area (Å²) in [6.45, 7) is 0.0754. The van der Waals surface area contributed by atoms with Crippen LogP contribution in [0.3, 0.4) is 0 Å². The summed E-state index contributed by atoms with van der Waals surface area (Å²) in [7, 11) is 0. The molecule has 114 valence electrons. The van der Waals surface area contributed by atoms with Gasteiger partial charge in [0.25, 0.3) is 5.91 Å². The van der Waals surface area contributed by atoms with E-state index < -0.39 is 0 Å². The third-order valence-corrected chi connectivity index (χ3v) is 3.95. The van der Waals surface area contributed by atoms with Crippen molar-refractivity contribution in [1.29, 1.82) is 0 Å². The van der Waals surface area contributed by atoms with E-state index in [1.54, 1.807) is 0 Å². The third-order valence-electron chi connectivity index (χ3n) is 3.01. The second-order valence-corrected chi connectivity index (χ2v) is 5.66. The molecule has 0 aliphatic carbocycles. The second kappa shape index (κ2) is 9.07. The molecule has 0 heterocycles. The highest BCUT2D eigenvalue weighted by Gasteiger charge is 2.09. The van der Waals surface area contributed by atoms with Gasteiger partial charge in [0.05, 0.1) is 0 Å². The van der Waals surface area contributed by atoms with Crippen LogP contribution in [0.15, 0.2) is 76.5 Å². The lowest BCUT2D eigenvalue weighted by atomic mass is 10.1. The Morgan fingerprint density at radius 2 is 1.68 bits per heavy atom. The Morgan fingerprint density at radius 3 is 2.32 bits per heavy atom. The standard InChI is InChI=1S/C18H19NO2S/c20-13-7-8-15(14-22-17-11-5-2-6-12-17)18(21)19-16-9-3-1-4-10-16/h1-6,9-12,14,20H,7-8,13H2,(H,19,21). The topological polar surface area (TPSA) is 49.3 Å². The first-order valence-electron chi connectivity index (χ1n) is 7.17. The fraction of sp³-hybridized carbons (Fsp3) is 0.167. The highest BCUT2D eigenvalue weighted by Crippen LogP contribution is 2.22. The van der Waals surface area contributed by atoms with E-state index in [9.17, 15) is 4.79 Å². The number of aliphatic hydroxyl groups excluding tert-OH is 1. The van der Waals surface area contributed by atoms with Crippen LogP contribution in [0.5, 0.6) is 0 Å². The van der Waals surface area contributed by atoms with E-state index in [0.29, 0.717) is 18.4 Å². The van der Waals surface area contributed by atoms with Crippen molar-refractivity contribution in [3.63, 3.8) is 0 Å². The van der Waals surface area contributed by atoms with Crippen molar-refractivity contribution in [1.82, 2.24) is 0 Å². The van der Waals surface area contributed by atoms with Crippen LogP contribution in [0.2, 0.25) is 0 Å². The van der Waals surface area contributed by atoms with Crippen molar-refractivity contribution in [3.8, 4) is 0 Å². The number of carbonyl (C=O) groups is 1. The number of rotatable bonds is 7. The molecule has 0 saturated heterocycles. The molecule has 0 bridgehead atoms. The van der Waals surface area contributed by atoms with Crippen LogP contribution in [-0.4, -0.2) is 17.6 Å². The van der Waals surface area contributed by atoms with Gasteiger partial charge in [-0.1, -0.05) is 48.2 Å². The Labute approximate surface area is 135 Å². The molecule has 2 rings (SSSR count). The van der Waals surface area contributed by atoms with Gasteiger partial charge in [0, 0.05) is 22.8 Å². The second-order valence-electron chi connectivity index (χ2n) is 4.72. The van der Waals surface area contributed by atoms with E-state index in [1.807, 2.05) is 66.1 Å². The van der Waals surface area contributed by atoms with Gasteiger partial charge in [-0.2, -0.15) is 0 Å². The smallest absolute Gasteiger partial charge is 0.252 e. The van der Waals surface area contributed by atoms with Crippen LogP contribution < -0.4 is 5.32 Å². The molecule has 3 nitrogen and oxygen atoms in total. The molecule has 0 spiro atoms. The Bertz CT molecular complexity index is 611. The Hall–Kier alpha value is -2.04. The van der Waals surface area contributed by atoms with Gasteiger partial charge in [0.15, 0.2) is 0 Å². The van der Waals surface area contributed by atoms with Gasteiger partial charge < -0.3 is 10.4 Å². The maximum absolute atomic E-state index is 12.4. The molecule has 0 atom stereocenters. The molecule has 0 saturated carbocycles. The SMILES string of the molecule is O=C(Nc1ccccc1)C(=CSc1ccccc1)CCCO. The zero-order valence-corrected chi connectivity index (χ0v) is 13.1. The monoisotopic (exact) mass is 313 g/mol. The summed E-state index contributed by atoms with van der Waals surface area (Å²) in [5.74, 6) is -0.122. The largest absolute Gasteiger partial charge is 0.396 e. The van der Waals surface area contributed by atoms with Crippen molar-refractivity contribution in [3.05, 3.63) is 71.6 Å². The van der Waals surface area contributed by atoms with Gasteiger partial charge in [-0.25, -0.2) is 0 Å². The molecule has 22 heavy (non-hydrogen) atoms.